The van der Waals surface area contributed by atoms with Crippen molar-refractivity contribution in [1.82, 2.24) is 4.90 Å². The number of nitrogens with zero attached hydrogens (tertiary/aromatic N) is 2. The molecule has 1 aliphatic carbocycles. The number of ether oxygens (including phenoxy) is 1. The van der Waals surface area contributed by atoms with Crippen LogP contribution in [0.1, 0.15) is 37.3 Å². The van der Waals surface area contributed by atoms with E-state index in [1.165, 1.54) is 18.4 Å². The van der Waals surface area contributed by atoms with Crippen LogP contribution in [0.3, 0.4) is 0 Å². The Bertz CT molecular complexity index is 459. The van der Waals surface area contributed by atoms with Crippen LogP contribution in [0.5, 0.6) is 0 Å². The third-order valence-electron chi connectivity index (χ3n) is 4.40. The smallest absolute Gasteiger partial charge is 0.192 e. The van der Waals surface area contributed by atoms with E-state index in [-0.39, 0.29) is 24.0 Å². The third-order valence-corrected chi connectivity index (χ3v) is 5.10. The molecule has 21 heavy (non-hydrogen) atoms. The summed E-state index contributed by atoms with van der Waals surface area (Å²) in [5.74, 6) is 1.41. The van der Waals surface area contributed by atoms with E-state index in [9.17, 15) is 0 Å². The fourth-order valence-electron chi connectivity index (χ4n) is 3.29. The summed E-state index contributed by atoms with van der Waals surface area (Å²) < 4.78 is 5.18. The fraction of sp³-hybridized carbons (Fsp3) is 0.667. The largest absolute Gasteiger partial charge is 0.384 e. The summed E-state index contributed by atoms with van der Waals surface area (Å²) in [4.78, 5) is 7.01. The van der Waals surface area contributed by atoms with Gasteiger partial charge in [0.05, 0.1) is 12.1 Å². The molecule has 0 radical (unpaired) electrons. The van der Waals surface area contributed by atoms with Gasteiger partial charge in [0.1, 0.15) is 0 Å². The monoisotopic (exact) mass is 421 g/mol. The van der Waals surface area contributed by atoms with Gasteiger partial charge < -0.3 is 15.4 Å². The van der Waals surface area contributed by atoms with Gasteiger partial charge in [-0.15, -0.1) is 24.0 Å². The number of methoxy groups -OCH3 is 1. The first-order valence-electron chi connectivity index (χ1n) is 7.39. The molecule has 0 spiro atoms. The Labute approximate surface area is 147 Å². The second-order valence-corrected chi connectivity index (χ2v) is 6.62. The molecule has 1 saturated carbocycles. The molecule has 3 rings (SSSR count). The molecule has 1 saturated heterocycles. The molecule has 2 heterocycles. The zero-order valence-electron chi connectivity index (χ0n) is 12.4. The van der Waals surface area contributed by atoms with Crippen LogP contribution in [0.4, 0.5) is 0 Å². The molecule has 6 heteroatoms. The first-order chi connectivity index (χ1) is 9.78. The molecule has 4 nitrogen and oxygen atoms in total. The van der Waals surface area contributed by atoms with Crippen LogP contribution in [0, 0.1) is 5.92 Å². The van der Waals surface area contributed by atoms with Crippen molar-refractivity contribution in [3.05, 3.63) is 22.4 Å². The molecule has 2 aliphatic rings. The molecule has 1 atom stereocenters. The second-order valence-electron chi connectivity index (χ2n) is 5.84. The number of guanidine groups is 1. The number of nitrogens with two attached hydrogens (primary N) is 1. The number of hydrogen-bond donors (Lipinski definition) is 1. The molecular formula is C15H24IN3OS. The van der Waals surface area contributed by atoms with Gasteiger partial charge in [0, 0.05) is 20.3 Å². The summed E-state index contributed by atoms with van der Waals surface area (Å²) in [6.45, 7) is 1.89. The lowest BCUT2D eigenvalue weighted by Gasteiger charge is -2.34. The van der Waals surface area contributed by atoms with Crippen LogP contribution >= 0.6 is 35.3 Å². The summed E-state index contributed by atoms with van der Waals surface area (Å²) in [5.41, 5.74) is 7.64. The maximum absolute atomic E-state index is 6.25. The molecule has 2 N–H and O–H groups in total. The highest BCUT2D eigenvalue weighted by Gasteiger charge is 2.32. The standard InChI is InChI=1S/C15H23N3OS.HI/c1-19-9-11-7-13(8-11)17-15(16)18-5-2-3-14(18)12-4-6-20-10-12;/h4,6,10-11,13-14H,2-3,5,7-9H2,1H3,(H2,16,17);1H. The van der Waals surface area contributed by atoms with Crippen molar-refractivity contribution >= 4 is 41.3 Å². The van der Waals surface area contributed by atoms with Gasteiger partial charge in [-0.2, -0.15) is 11.3 Å². The minimum atomic E-state index is 0. The van der Waals surface area contributed by atoms with Crippen LogP contribution < -0.4 is 5.73 Å². The summed E-state index contributed by atoms with van der Waals surface area (Å²) in [6.07, 6.45) is 4.62. The Kier molecular flexibility index (Phi) is 6.31. The minimum Gasteiger partial charge on any atom is -0.384 e. The zero-order chi connectivity index (χ0) is 13.9. The predicted octanol–water partition coefficient (Wildman–Crippen LogP) is 3.24. The number of likely N-dealkylation sites (tertiary alicyclic amines) is 1. The van der Waals surface area contributed by atoms with Crippen LogP contribution in [0.25, 0.3) is 0 Å². The average Bonchev–Trinajstić information content (AvgIpc) is 3.06. The van der Waals surface area contributed by atoms with Crippen molar-refractivity contribution in [2.75, 3.05) is 20.3 Å². The van der Waals surface area contributed by atoms with E-state index in [1.807, 2.05) is 0 Å². The molecule has 1 unspecified atom stereocenters. The lowest BCUT2D eigenvalue weighted by atomic mass is 9.81. The first-order valence-corrected chi connectivity index (χ1v) is 8.33. The van der Waals surface area contributed by atoms with E-state index >= 15 is 0 Å². The van der Waals surface area contributed by atoms with E-state index in [4.69, 9.17) is 15.5 Å². The molecule has 1 aromatic heterocycles. The van der Waals surface area contributed by atoms with Gasteiger partial charge in [-0.1, -0.05) is 0 Å². The summed E-state index contributed by atoms with van der Waals surface area (Å²) in [7, 11) is 1.76. The highest BCUT2D eigenvalue weighted by molar-refractivity contribution is 14.0. The van der Waals surface area contributed by atoms with Crippen LogP contribution in [0.15, 0.2) is 21.8 Å². The Morgan fingerprint density at radius 3 is 3.00 bits per heavy atom. The number of hydrogen-bond acceptors (Lipinski definition) is 3. The van der Waals surface area contributed by atoms with Gasteiger partial charge in [0.25, 0.3) is 0 Å². The van der Waals surface area contributed by atoms with Gasteiger partial charge in [0.2, 0.25) is 0 Å². The average molecular weight is 421 g/mol. The molecule has 118 valence electrons. The molecular weight excluding hydrogens is 397 g/mol. The number of thiophene rings is 1. The molecule has 1 aromatic rings. The van der Waals surface area contributed by atoms with Gasteiger partial charge >= 0.3 is 0 Å². The Morgan fingerprint density at radius 1 is 1.52 bits per heavy atom. The lowest BCUT2D eigenvalue weighted by molar-refractivity contribution is 0.0995. The Morgan fingerprint density at radius 2 is 2.33 bits per heavy atom. The zero-order valence-corrected chi connectivity index (χ0v) is 15.6. The van der Waals surface area contributed by atoms with Gasteiger partial charge in [-0.05, 0) is 54.0 Å². The number of aliphatic imine (C=N–C) groups is 1. The van der Waals surface area contributed by atoms with Crippen molar-refractivity contribution < 1.29 is 4.74 Å². The van der Waals surface area contributed by atoms with Gasteiger partial charge in [-0.3, -0.25) is 0 Å². The molecule has 1 aliphatic heterocycles. The van der Waals surface area contributed by atoms with Crippen molar-refractivity contribution in [2.45, 2.75) is 37.8 Å². The van der Waals surface area contributed by atoms with Crippen molar-refractivity contribution in [3.8, 4) is 0 Å². The minimum absolute atomic E-state index is 0. The van der Waals surface area contributed by atoms with E-state index in [1.54, 1.807) is 18.4 Å². The van der Waals surface area contributed by atoms with E-state index < -0.39 is 0 Å². The van der Waals surface area contributed by atoms with E-state index in [0.717, 1.165) is 32.0 Å². The molecule has 2 fully saturated rings. The Hall–Kier alpha value is -0.340. The summed E-state index contributed by atoms with van der Waals surface area (Å²) >= 11 is 1.75. The molecule has 0 aromatic carbocycles. The van der Waals surface area contributed by atoms with Crippen molar-refractivity contribution in [2.24, 2.45) is 16.6 Å². The highest BCUT2D eigenvalue weighted by Crippen LogP contribution is 2.34. The first kappa shape index (κ1) is 17.0. The quantitative estimate of drug-likeness (QED) is 0.462. The van der Waals surface area contributed by atoms with Gasteiger partial charge in [0.15, 0.2) is 5.96 Å². The maximum atomic E-state index is 6.25. The normalized spacial score (nSPS) is 29.1. The number of rotatable bonds is 4. The van der Waals surface area contributed by atoms with E-state index in [0.29, 0.717) is 18.0 Å². The van der Waals surface area contributed by atoms with Gasteiger partial charge in [-0.25, -0.2) is 4.99 Å². The maximum Gasteiger partial charge on any atom is 0.192 e. The predicted molar refractivity (Wildman–Crippen MR) is 98.4 cm³/mol. The van der Waals surface area contributed by atoms with Crippen LogP contribution in [0.2, 0.25) is 0 Å². The molecule has 0 bridgehead atoms. The lowest BCUT2D eigenvalue weighted by Crippen LogP contribution is -2.40. The van der Waals surface area contributed by atoms with Crippen molar-refractivity contribution in [3.63, 3.8) is 0 Å². The van der Waals surface area contributed by atoms with E-state index in [2.05, 4.69) is 21.7 Å². The summed E-state index contributed by atoms with van der Waals surface area (Å²) in [5, 5.41) is 4.37. The number of halogens is 1. The SMILES string of the molecule is COCC1CC(N=C(N)N2CCCC2c2ccsc2)C1.I. The molecule has 0 amide bonds. The van der Waals surface area contributed by atoms with Crippen molar-refractivity contribution in [1.29, 1.82) is 0 Å². The second kappa shape index (κ2) is 7.78. The summed E-state index contributed by atoms with van der Waals surface area (Å²) in [6, 6.07) is 3.04. The highest BCUT2D eigenvalue weighted by atomic mass is 127. The topological polar surface area (TPSA) is 50.9 Å². The third kappa shape index (κ3) is 3.90. The Balaban J connectivity index is 0.00000161. The fourth-order valence-corrected chi connectivity index (χ4v) is 4.00. The van der Waals surface area contributed by atoms with Crippen LogP contribution in [-0.4, -0.2) is 37.2 Å². The van der Waals surface area contributed by atoms with Crippen LogP contribution in [-0.2, 0) is 4.74 Å².